The molecule has 0 amide bonds. The summed E-state index contributed by atoms with van der Waals surface area (Å²) in [6, 6.07) is 0. The fourth-order valence-electron chi connectivity index (χ4n) is 2.15. The zero-order chi connectivity index (χ0) is 16.3. The van der Waals surface area contributed by atoms with Crippen molar-refractivity contribution in [1.82, 2.24) is 19.1 Å². The van der Waals surface area contributed by atoms with Gasteiger partial charge in [0.2, 0.25) is 5.95 Å². The molecule has 9 nitrogen and oxygen atoms in total. The van der Waals surface area contributed by atoms with Crippen LogP contribution in [-0.2, 0) is 18.3 Å². The molecule has 2 heterocycles. The lowest BCUT2D eigenvalue weighted by Crippen LogP contribution is -2.30. The van der Waals surface area contributed by atoms with E-state index < -0.39 is 17.4 Å². The van der Waals surface area contributed by atoms with Crippen LogP contribution in [0.4, 0.5) is 5.95 Å². The summed E-state index contributed by atoms with van der Waals surface area (Å²) in [7, 11) is 3.16. The van der Waals surface area contributed by atoms with Crippen molar-refractivity contribution in [2.75, 3.05) is 25.6 Å². The van der Waals surface area contributed by atoms with Crippen LogP contribution in [0.3, 0.4) is 0 Å². The summed E-state index contributed by atoms with van der Waals surface area (Å²) in [5, 5.41) is 12.9. The molecule has 2 aromatic rings. The van der Waals surface area contributed by atoms with Gasteiger partial charge in [0, 0.05) is 14.1 Å². The Bertz CT molecular complexity index is 788. The van der Waals surface area contributed by atoms with Crippen molar-refractivity contribution >= 4 is 17.1 Å². The van der Waals surface area contributed by atoms with E-state index in [4.69, 9.17) is 4.74 Å². The molecular weight excluding hydrogens is 290 g/mol. The van der Waals surface area contributed by atoms with E-state index in [1.165, 1.54) is 16.2 Å². The molecule has 0 spiro atoms. The summed E-state index contributed by atoms with van der Waals surface area (Å²) >= 11 is 0. The van der Waals surface area contributed by atoms with E-state index in [0.717, 1.165) is 0 Å². The van der Waals surface area contributed by atoms with E-state index in [2.05, 4.69) is 21.9 Å². The van der Waals surface area contributed by atoms with Crippen molar-refractivity contribution in [2.24, 2.45) is 7.05 Å². The van der Waals surface area contributed by atoms with Gasteiger partial charge in [-0.1, -0.05) is 6.08 Å². The third kappa shape index (κ3) is 2.95. The lowest BCUT2D eigenvalue weighted by molar-refractivity contribution is 0.0405. The van der Waals surface area contributed by atoms with Crippen molar-refractivity contribution in [3.05, 3.63) is 33.5 Å². The molecule has 0 saturated heterocycles. The zero-order valence-electron chi connectivity index (χ0n) is 12.5. The van der Waals surface area contributed by atoms with Gasteiger partial charge in [0.05, 0.1) is 25.9 Å². The van der Waals surface area contributed by atoms with Gasteiger partial charge in [-0.15, -0.1) is 6.58 Å². The molecule has 3 N–H and O–H groups in total. The maximum absolute atomic E-state index is 12.1. The monoisotopic (exact) mass is 309 g/mol. The van der Waals surface area contributed by atoms with Crippen LogP contribution in [-0.4, -0.2) is 50.6 Å². The summed E-state index contributed by atoms with van der Waals surface area (Å²) in [4.78, 5) is 30.1. The SMILES string of the molecule is C=CCOCC(O)Cn1c(NC)nc2c1c(=O)[nH]c(=O)n2C. The number of aromatic nitrogens is 4. The Morgan fingerprint density at radius 2 is 2.27 bits per heavy atom. The van der Waals surface area contributed by atoms with Crippen LogP contribution in [0.1, 0.15) is 0 Å². The number of ether oxygens (including phenoxy) is 1. The van der Waals surface area contributed by atoms with Crippen LogP contribution in [0.2, 0.25) is 0 Å². The summed E-state index contributed by atoms with van der Waals surface area (Å²) in [6.07, 6.45) is 0.750. The molecule has 1 unspecified atom stereocenters. The van der Waals surface area contributed by atoms with Gasteiger partial charge < -0.3 is 19.7 Å². The Balaban J connectivity index is 2.44. The van der Waals surface area contributed by atoms with Gasteiger partial charge in [-0.2, -0.15) is 4.98 Å². The molecule has 0 fully saturated rings. The third-order valence-electron chi connectivity index (χ3n) is 3.17. The first-order valence-electron chi connectivity index (χ1n) is 6.73. The number of aryl methyl sites for hydroxylation is 1. The molecule has 0 saturated carbocycles. The fraction of sp³-hybridized carbons (Fsp3) is 0.462. The first-order valence-corrected chi connectivity index (χ1v) is 6.73. The molecular formula is C13H19N5O4. The van der Waals surface area contributed by atoms with Gasteiger partial charge in [0.15, 0.2) is 11.2 Å². The second kappa shape index (κ2) is 6.58. The lowest BCUT2D eigenvalue weighted by atomic mass is 10.3. The van der Waals surface area contributed by atoms with Gasteiger partial charge in [-0.25, -0.2) is 4.79 Å². The second-order valence-corrected chi connectivity index (χ2v) is 4.77. The number of fused-ring (bicyclic) bond motifs is 1. The van der Waals surface area contributed by atoms with Crippen LogP contribution in [0.5, 0.6) is 0 Å². The quantitative estimate of drug-likeness (QED) is 0.448. The highest BCUT2D eigenvalue weighted by atomic mass is 16.5. The van der Waals surface area contributed by atoms with E-state index in [1.807, 2.05) is 0 Å². The Kier molecular flexibility index (Phi) is 4.78. The van der Waals surface area contributed by atoms with Crippen molar-refractivity contribution in [3.8, 4) is 0 Å². The third-order valence-corrected chi connectivity index (χ3v) is 3.17. The Hall–Kier alpha value is -2.39. The van der Waals surface area contributed by atoms with Gasteiger partial charge in [0.25, 0.3) is 5.56 Å². The van der Waals surface area contributed by atoms with Crippen LogP contribution < -0.4 is 16.6 Å². The van der Waals surface area contributed by atoms with Crippen molar-refractivity contribution < 1.29 is 9.84 Å². The number of imidazole rings is 1. The molecule has 0 aliphatic heterocycles. The van der Waals surface area contributed by atoms with Gasteiger partial charge >= 0.3 is 5.69 Å². The van der Waals surface area contributed by atoms with E-state index >= 15 is 0 Å². The number of aliphatic hydroxyl groups is 1. The van der Waals surface area contributed by atoms with Crippen molar-refractivity contribution in [2.45, 2.75) is 12.6 Å². The number of hydrogen-bond acceptors (Lipinski definition) is 6. The van der Waals surface area contributed by atoms with Crippen molar-refractivity contribution in [1.29, 1.82) is 0 Å². The summed E-state index contributed by atoms with van der Waals surface area (Å²) in [6.45, 7) is 4.05. The van der Waals surface area contributed by atoms with Crippen LogP contribution in [0.25, 0.3) is 11.2 Å². The first kappa shape index (κ1) is 16.0. The number of aromatic amines is 1. The minimum atomic E-state index is -0.832. The lowest BCUT2D eigenvalue weighted by Gasteiger charge is -2.13. The first-order chi connectivity index (χ1) is 10.5. The van der Waals surface area contributed by atoms with Crippen LogP contribution in [0.15, 0.2) is 22.2 Å². The Labute approximate surface area is 125 Å². The minimum Gasteiger partial charge on any atom is -0.389 e. The van der Waals surface area contributed by atoms with E-state index in [0.29, 0.717) is 12.6 Å². The molecule has 22 heavy (non-hydrogen) atoms. The van der Waals surface area contributed by atoms with E-state index in [9.17, 15) is 14.7 Å². The molecule has 0 aliphatic carbocycles. The average molecular weight is 309 g/mol. The number of aliphatic hydroxyl groups excluding tert-OH is 1. The van der Waals surface area contributed by atoms with E-state index in [-0.39, 0.29) is 24.3 Å². The second-order valence-electron chi connectivity index (χ2n) is 4.77. The highest BCUT2D eigenvalue weighted by Gasteiger charge is 2.18. The number of nitrogens with one attached hydrogen (secondary N) is 2. The number of nitrogens with zero attached hydrogens (tertiary/aromatic N) is 3. The maximum atomic E-state index is 12.1. The molecule has 1 atom stereocenters. The fourth-order valence-corrected chi connectivity index (χ4v) is 2.15. The molecule has 0 radical (unpaired) electrons. The zero-order valence-corrected chi connectivity index (χ0v) is 12.5. The summed E-state index contributed by atoms with van der Waals surface area (Å²) < 4.78 is 7.96. The number of hydrogen-bond donors (Lipinski definition) is 3. The molecule has 9 heteroatoms. The number of rotatable bonds is 7. The van der Waals surface area contributed by atoms with Gasteiger partial charge in [-0.3, -0.25) is 14.3 Å². The van der Waals surface area contributed by atoms with E-state index in [1.54, 1.807) is 13.1 Å². The minimum absolute atomic E-state index is 0.0958. The summed E-state index contributed by atoms with van der Waals surface area (Å²) in [5.41, 5.74) is -0.627. The predicted octanol–water partition coefficient (Wildman–Crippen LogP) is -0.971. The highest BCUT2D eigenvalue weighted by molar-refractivity contribution is 5.74. The topological polar surface area (TPSA) is 114 Å². The highest BCUT2D eigenvalue weighted by Crippen LogP contribution is 2.15. The van der Waals surface area contributed by atoms with Crippen molar-refractivity contribution in [3.63, 3.8) is 0 Å². The van der Waals surface area contributed by atoms with Gasteiger partial charge in [-0.05, 0) is 0 Å². The van der Waals surface area contributed by atoms with Crippen LogP contribution >= 0.6 is 0 Å². The average Bonchev–Trinajstić information content (AvgIpc) is 2.84. The molecule has 0 bridgehead atoms. The molecule has 120 valence electrons. The molecule has 0 aliphatic rings. The summed E-state index contributed by atoms with van der Waals surface area (Å²) in [5.74, 6) is 0.379. The molecule has 0 aromatic carbocycles. The number of anilines is 1. The number of H-pyrrole nitrogens is 1. The predicted molar refractivity (Wildman–Crippen MR) is 82.2 cm³/mol. The molecule has 2 aromatic heterocycles. The maximum Gasteiger partial charge on any atom is 0.329 e. The Morgan fingerprint density at radius 3 is 2.91 bits per heavy atom. The van der Waals surface area contributed by atoms with Gasteiger partial charge in [0.1, 0.15) is 0 Å². The normalized spacial score (nSPS) is 12.5. The van der Waals surface area contributed by atoms with Crippen LogP contribution in [0, 0.1) is 0 Å². The largest absolute Gasteiger partial charge is 0.389 e. The smallest absolute Gasteiger partial charge is 0.329 e. The molecule has 2 rings (SSSR count). The Morgan fingerprint density at radius 1 is 1.55 bits per heavy atom. The standard InChI is InChI=1S/C13H19N5O4/c1-4-5-22-7-8(19)6-18-9-10(15-12(18)14-2)17(3)13(21)16-11(9)20/h4,8,19H,1,5-7H2,2-3H3,(H,14,15)(H,16,20,21).